The Labute approximate surface area is 142 Å². The zero-order valence-corrected chi connectivity index (χ0v) is 14.2. The lowest BCUT2D eigenvalue weighted by Crippen LogP contribution is -2.48. The van der Waals surface area contributed by atoms with Crippen molar-refractivity contribution in [3.8, 4) is 5.75 Å². The summed E-state index contributed by atoms with van der Waals surface area (Å²) in [5.74, 6) is 0.653. The Hall–Kier alpha value is -1.82. The van der Waals surface area contributed by atoms with Crippen LogP contribution < -0.4 is 15.4 Å². The average Bonchev–Trinajstić information content (AvgIpc) is 3.39. The molecule has 1 saturated heterocycles. The third-order valence-electron chi connectivity index (χ3n) is 4.79. The van der Waals surface area contributed by atoms with Crippen molar-refractivity contribution >= 4 is 6.03 Å². The molecule has 0 unspecified atom stereocenters. The molecule has 0 aromatic heterocycles. The van der Waals surface area contributed by atoms with E-state index >= 15 is 0 Å². The number of carbonyl (C=O) groups is 1. The molecule has 132 valence electrons. The lowest BCUT2D eigenvalue weighted by molar-refractivity contribution is 0.186. The summed E-state index contributed by atoms with van der Waals surface area (Å²) in [4.78, 5) is 14.1. The molecule has 2 amide bonds. The number of urea groups is 1. The molecule has 1 aromatic rings. The highest BCUT2D eigenvalue weighted by molar-refractivity contribution is 5.74. The van der Waals surface area contributed by atoms with Crippen LogP contribution in [-0.2, 0) is 6.54 Å². The van der Waals surface area contributed by atoms with Crippen molar-refractivity contribution in [3.05, 3.63) is 29.6 Å². The van der Waals surface area contributed by atoms with Gasteiger partial charge in [-0.15, -0.1) is 0 Å². The SMILES string of the molecule is COc1ccc(CN2CCC(NC(=O)NCC3CC3)CC2)cc1F. The minimum Gasteiger partial charge on any atom is -0.494 e. The van der Waals surface area contributed by atoms with Gasteiger partial charge in [0.2, 0.25) is 0 Å². The van der Waals surface area contributed by atoms with E-state index in [1.54, 1.807) is 6.07 Å². The minimum atomic E-state index is -0.320. The summed E-state index contributed by atoms with van der Waals surface area (Å²) in [5, 5.41) is 6.00. The van der Waals surface area contributed by atoms with E-state index in [4.69, 9.17) is 4.74 Å². The predicted octanol–water partition coefficient (Wildman–Crippen LogP) is 2.51. The van der Waals surface area contributed by atoms with Gasteiger partial charge in [-0.3, -0.25) is 4.90 Å². The first kappa shape index (κ1) is 17.0. The Morgan fingerprint density at radius 1 is 1.29 bits per heavy atom. The molecule has 0 bridgehead atoms. The standard InChI is InChI=1S/C18H26FN3O2/c1-24-17-5-4-14(10-16(17)19)12-22-8-6-15(7-9-22)21-18(23)20-11-13-2-3-13/h4-5,10,13,15H,2-3,6-9,11-12H2,1H3,(H2,20,21,23). The van der Waals surface area contributed by atoms with E-state index in [1.807, 2.05) is 6.07 Å². The monoisotopic (exact) mass is 335 g/mol. The number of hydrogen-bond donors (Lipinski definition) is 2. The highest BCUT2D eigenvalue weighted by Gasteiger charge is 2.24. The molecule has 0 spiro atoms. The van der Waals surface area contributed by atoms with Gasteiger partial charge < -0.3 is 15.4 Å². The van der Waals surface area contributed by atoms with Gasteiger partial charge in [0.25, 0.3) is 0 Å². The maximum atomic E-state index is 13.7. The van der Waals surface area contributed by atoms with Gasteiger partial charge in [-0.1, -0.05) is 6.07 Å². The second-order valence-corrected chi connectivity index (χ2v) is 6.82. The number of likely N-dealkylation sites (tertiary alicyclic amines) is 1. The van der Waals surface area contributed by atoms with Crippen LogP contribution in [0.15, 0.2) is 18.2 Å². The fourth-order valence-corrected chi connectivity index (χ4v) is 3.10. The van der Waals surface area contributed by atoms with Crippen LogP contribution in [0.1, 0.15) is 31.2 Å². The van der Waals surface area contributed by atoms with Crippen molar-refractivity contribution in [2.45, 2.75) is 38.3 Å². The summed E-state index contributed by atoms with van der Waals surface area (Å²) in [7, 11) is 1.47. The fraction of sp³-hybridized carbons (Fsp3) is 0.611. The fourth-order valence-electron chi connectivity index (χ4n) is 3.10. The molecule has 2 aliphatic rings. The lowest BCUT2D eigenvalue weighted by Gasteiger charge is -2.32. The summed E-state index contributed by atoms with van der Waals surface area (Å²) in [5.41, 5.74) is 0.946. The van der Waals surface area contributed by atoms with Gasteiger partial charge in [-0.05, 0) is 49.3 Å². The second-order valence-electron chi connectivity index (χ2n) is 6.82. The summed E-state index contributed by atoms with van der Waals surface area (Å²) >= 11 is 0. The van der Waals surface area contributed by atoms with Crippen LogP contribution >= 0.6 is 0 Å². The van der Waals surface area contributed by atoms with E-state index in [-0.39, 0.29) is 23.6 Å². The Bertz CT molecular complexity index is 569. The molecule has 5 nitrogen and oxygen atoms in total. The molecule has 1 aliphatic carbocycles. The molecule has 0 atom stereocenters. The molecule has 6 heteroatoms. The first-order chi connectivity index (χ1) is 11.6. The number of nitrogens with zero attached hydrogens (tertiary/aromatic N) is 1. The van der Waals surface area contributed by atoms with Crippen LogP contribution in [0.25, 0.3) is 0 Å². The molecule has 1 aliphatic heterocycles. The van der Waals surface area contributed by atoms with E-state index in [9.17, 15) is 9.18 Å². The Balaban J connectivity index is 1.39. The summed E-state index contributed by atoms with van der Waals surface area (Å²) in [6.07, 6.45) is 4.33. The van der Waals surface area contributed by atoms with Crippen molar-refractivity contribution in [1.82, 2.24) is 15.5 Å². The maximum Gasteiger partial charge on any atom is 0.315 e. The number of nitrogens with one attached hydrogen (secondary N) is 2. The van der Waals surface area contributed by atoms with Crippen molar-refractivity contribution < 1.29 is 13.9 Å². The normalized spacial score (nSPS) is 19.1. The van der Waals surface area contributed by atoms with Gasteiger partial charge in [0.15, 0.2) is 11.6 Å². The van der Waals surface area contributed by atoms with Crippen molar-refractivity contribution in [2.24, 2.45) is 5.92 Å². The van der Waals surface area contributed by atoms with Gasteiger partial charge >= 0.3 is 6.03 Å². The van der Waals surface area contributed by atoms with Gasteiger partial charge in [0, 0.05) is 32.2 Å². The molecule has 2 N–H and O–H groups in total. The molecule has 1 heterocycles. The predicted molar refractivity (Wildman–Crippen MR) is 90.5 cm³/mol. The molecule has 1 saturated carbocycles. The highest BCUT2D eigenvalue weighted by Crippen LogP contribution is 2.27. The highest BCUT2D eigenvalue weighted by atomic mass is 19.1. The van der Waals surface area contributed by atoms with Crippen molar-refractivity contribution in [1.29, 1.82) is 0 Å². The number of hydrogen-bond acceptors (Lipinski definition) is 3. The second kappa shape index (κ2) is 7.83. The molecule has 2 fully saturated rings. The average molecular weight is 335 g/mol. The van der Waals surface area contributed by atoms with E-state index < -0.39 is 0 Å². The minimum absolute atomic E-state index is 0.0439. The van der Waals surface area contributed by atoms with Crippen LogP contribution in [0.4, 0.5) is 9.18 Å². The molecule has 0 radical (unpaired) electrons. The third-order valence-corrected chi connectivity index (χ3v) is 4.79. The van der Waals surface area contributed by atoms with Crippen molar-refractivity contribution in [2.75, 3.05) is 26.7 Å². The van der Waals surface area contributed by atoms with E-state index in [2.05, 4.69) is 15.5 Å². The number of ether oxygens (including phenoxy) is 1. The lowest BCUT2D eigenvalue weighted by atomic mass is 10.0. The number of piperidine rings is 1. The van der Waals surface area contributed by atoms with Gasteiger partial charge in [-0.25, -0.2) is 9.18 Å². The van der Waals surface area contributed by atoms with Gasteiger partial charge in [-0.2, -0.15) is 0 Å². The molecular weight excluding hydrogens is 309 g/mol. The summed E-state index contributed by atoms with van der Waals surface area (Å²) < 4.78 is 18.7. The third kappa shape index (κ3) is 4.84. The number of halogens is 1. The van der Waals surface area contributed by atoms with E-state index in [0.717, 1.165) is 44.6 Å². The Kier molecular flexibility index (Phi) is 5.56. The number of carbonyl (C=O) groups excluding carboxylic acids is 1. The number of rotatable bonds is 6. The summed E-state index contributed by atoms with van der Waals surface area (Å²) in [6.45, 7) is 3.33. The topological polar surface area (TPSA) is 53.6 Å². The Morgan fingerprint density at radius 2 is 2.04 bits per heavy atom. The van der Waals surface area contributed by atoms with E-state index in [1.165, 1.54) is 26.0 Å². The summed E-state index contributed by atoms with van der Waals surface area (Å²) in [6, 6.07) is 5.29. The van der Waals surface area contributed by atoms with Crippen LogP contribution in [0.2, 0.25) is 0 Å². The number of amides is 2. The molecule has 1 aromatic carbocycles. The maximum absolute atomic E-state index is 13.7. The number of benzene rings is 1. The van der Waals surface area contributed by atoms with Gasteiger partial charge in [0.05, 0.1) is 7.11 Å². The van der Waals surface area contributed by atoms with Gasteiger partial charge in [0.1, 0.15) is 0 Å². The zero-order chi connectivity index (χ0) is 16.9. The van der Waals surface area contributed by atoms with Crippen LogP contribution in [0.3, 0.4) is 0 Å². The van der Waals surface area contributed by atoms with Crippen LogP contribution in [-0.4, -0.2) is 43.7 Å². The smallest absolute Gasteiger partial charge is 0.315 e. The molecule has 3 rings (SSSR count). The quantitative estimate of drug-likeness (QED) is 0.840. The largest absolute Gasteiger partial charge is 0.494 e. The van der Waals surface area contributed by atoms with Crippen molar-refractivity contribution in [3.63, 3.8) is 0 Å². The first-order valence-corrected chi connectivity index (χ1v) is 8.73. The molecular formula is C18H26FN3O2. The molecule has 24 heavy (non-hydrogen) atoms. The first-order valence-electron chi connectivity index (χ1n) is 8.73. The zero-order valence-electron chi connectivity index (χ0n) is 14.2. The number of methoxy groups -OCH3 is 1. The Morgan fingerprint density at radius 3 is 2.67 bits per heavy atom. The van der Waals surface area contributed by atoms with E-state index in [0.29, 0.717) is 5.92 Å². The van der Waals surface area contributed by atoms with Crippen LogP contribution in [0, 0.1) is 11.7 Å². The van der Waals surface area contributed by atoms with Crippen LogP contribution in [0.5, 0.6) is 5.75 Å².